The molecule has 6 heteroatoms. The second-order valence-electron chi connectivity index (χ2n) is 5.53. The van der Waals surface area contributed by atoms with Crippen molar-refractivity contribution in [3.05, 3.63) is 27.1 Å². The van der Waals surface area contributed by atoms with Crippen LogP contribution in [0.1, 0.15) is 26.2 Å². The minimum atomic E-state index is -0.456. The molecule has 1 aromatic carbocycles. The molecule has 2 unspecified atom stereocenters. The Morgan fingerprint density at radius 2 is 1.86 bits per heavy atom. The number of anilines is 1. The van der Waals surface area contributed by atoms with E-state index in [-0.39, 0.29) is 17.9 Å². The average Bonchev–Trinajstić information content (AvgIpc) is 3.26. The number of carbonyl (C=O) groups excluding carboxylic acids is 2. The highest BCUT2D eigenvalue weighted by molar-refractivity contribution is 9.11. The molecule has 2 amide bonds. The Bertz CT molecular complexity index is 581. The van der Waals surface area contributed by atoms with Crippen molar-refractivity contribution in [1.29, 1.82) is 0 Å². The second-order valence-corrected chi connectivity index (χ2v) is 7.23. The molecule has 21 heavy (non-hydrogen) atoms. The summed E-state index contributed by atoms with van der Waals surface area (Å²) in [7, 11) is 0. The molecule has 0 radical (unpaired) electrons. The van der Waals surface area contributed by atoms with Crippen LogP contribution in [-0.2, 0) is 9.59 Å². The normalized spacial score (nSPS) is 26.0. The molecule has 1 saturated carbocycles. The van der Waals surface area contributed by atoms with Crippen molar-refractivity contribution in [1.82, 2.24) is 5.32 Å². The number of halogens is 2. The molecule has 3 rings (SSSR count). The molecule has 4 nitrogen and oxygen atoms in total. The molecule has 2 aliphatic rings. The minimum absolute atomic E-state index is 0.00319. The summed E-state index contributed by atoms with van der Waals surface area (Å²) in [4.78, 5) is 26.9. The lowest BCUT2D eigenvalue weighted by atomic mass is 10.0. The standard InChI is InChI=1S/C15H16Br2N2O2/c1-2-11-14(20)18-12(8-6-7-8)15(21)19(11)13-9(16)4-3-5-10(13)17/h3-5,8,11-12H,2,6-7H2,1H3,(H,18,20). The predicted octanol–water partition coefficient (Wildman–Crippen LogP) is 3.23. The van der Waals surface area contributed by atoms with E-state index in [4.69, 9.17) is 0 Å². The topological polar surface area (TPSA) is 49.4 Å². The first-order chi connectivity index (χ1) is 10.0. The zero-order chi connectivity index (χ0) is 15.1. The Morgan fingerprint density at radius 1 is 1.24 bits per heavy atom. The minimum Gasteiger partial charge on any atom is -0.342 e. The molecule has 112 valence electrons. The fourth-order valence-electron chi connectivity index (χ4n) is 2.83. The van der Waals surface area contributed by atoms with Crippen molar-refractivity contribution in [2.45, 2.75) is 38.3 Å². The van der Waals surface area contributed by atoms with Gasteiger partial charge in [0.25, 0.3) is 5.91 Å². The van der Waals surface area contributed by atoms with Crippen LogP contribution in [-0.4, -0.2) is 23.9 Å². The number of para-hydroxylation sites is 1. The zero-order valence-corrected chi connectivity index (χ0v) is 14.8. The largest absolute Gasteiger partial charge is 0.342 e. The molecule has 2 fully saturated rings. The predicted molar refractivity (Wildman–Crippen MR) is 88.1 cm³/mol. The van der Waals surface area contributed by atoms with Crippen molar-refractivity contribution in [3.63, 3.8) is 0 Å². The molecule has 1 aliphatic heterocycles. The summed E-state index contributed by atoms with van der Waals surface area (Å²) < 4.78 is 1.63. The smallest absolute Gasteiger partial charge is 0.250 e. The highest BCUT2D eigenvalue weighted by Gasteiger charge is 2.47. The molecule has 1 aromatic rings. The Labute approximate surface area is 140 Å². The van der Waals surface area contributed by atoms with Gasteiger partial charge in [-0.05, 0) is 69.2 Å². The lowest BCUT2D eigenvalue weighted by molar-refractivity contribution is -0.134. The number of hydrogen-bond donors (Lipinski definition) is 1. The van der Waals surface area contributed by atoms with Gasteiger partial charge in [0, 0.05) is 8.95 Å². The third-order valence-electron chi connectivity index (χ3n) is 4.07. The Morgan fingerprint density at radius 3 is 2.38 bits per heavy atom. The van der Waals surface area contributed by atoms with Crippen LogP contribution in [0.2, 0.25) is 0 Å². The molecule has 2 atom stereocenters. The van der Waals surface area contributed by atoms with Gasteiger partial charge in [-0.2, -0.15) is 0 Å². The molecule has 1 N–H and O–H groups in total. The van der Waals surface area contributed by atoms with Crippen molar-refractivity contribution < 1.29 is 9.59 Å². The van der Waals surface area contributed by atoms with Crippen LogP contribution in [0.15, 0.2) is 27.1 Å². The number of carbonyl (C=O) groups is 2. The summed E-state index contributed by atoms with van der Waals surface area (Å²) in [5.41, 5.74) is 0.745. The Hall–Kier alpha value is -0.880. The van der Waals surface area contributed by atoms with E-state index in [0.29, 0.717) is 12.3 Å². The lowest BCUT2D eigenvalue weighted by Gasteiger charge is -2.39. The van der Waals surface area contributed by atoms with Crippen LogP contribution >= 0.6 is 31.9 Å². The van der Waals surface area contributed by atoms with Crippen LogP contribution in [0, 0.1) is 5.92 Å². The van der Waals surface area contributed by atoms with Crippen LogP contribution in [0.25, 0.3) is 0 Å². The zero-order valence-electron chi connectivity index (χ0n) is 11.6. The summed E-state index contributed by atoms with van der Waals surface area (Å²) in [6.07, 6.45) is 2.61. The molecular formula is C15H16Br2N2O2. The van der Waals surface area contributed by atoms with Gasteiger partial charge in [-0.3, -0.25) is 14.5 Å². The van der Waals surface area contributed by atoms with Gasteiger partial charge < -0.3 is 5.32 Å². The first-order valence-electron chi connectivity index (χ1n) is 7.12. The van der Waals surface area contributed by atoms with Crippen LogP contribution in [0.5, 0.6) is 0 Å². The number of hydrogen-bond acceptors (Lipinski definition) is 2. The van der Waals surface area contributed by atoms with Crippen molar-refractivity contribution in [3.8, 4) is 0 Å². The van der Waals surface area contributed by atoms with E-state index in [1.807, 2.05) is 25.1 Å². The monoisotopic (exact) mass is 414 g/mol. The van der Waals surface area contributed by atoms with E-state index in [1.54, 1.807) is 4.90 Å². The van der Waals surface area contributed by atoms with E-state index in [2.05, 4.69) is 37.2 Å². The fourth-order valence-corrected chi connectivity index (χ4v) is 4.21. The molecule has 1 heterocycles. The molecule has 0 aromatic heterocycles. The van der Waals surface area contributed by atoms with Gasteiger partial charge in [0.1, 0.15) is 12.1 Å². The van der Waals surface area contributed by atoms with Gasteiger partial charge >= 0.3 is 0 Å². The number of amides is 2. The third-order valence-corrected chi connectivity index (χ3v) is 5.35. The summed E-state index contributed by atoms with van der Waals surface area (Å²) in [6, 6.07) is 4.84. The maximum absolute atomic E-state index is 12.9. The third kappa shape index (κ3) is 2.63. The summed E-state index contributed by atoms with van der Waals surface area (Å²) in [6.45, 7) is 1.92. The quantitative estimate of drug-likeness (QED) is 0.823. The fraction of sp³-hybridized carbons (Fsp3) is 0.467. The molecule has 0 spiro atoms. The Kier molecular flexibility index (Phi) is 4.10. The van der Waals surface area contributed by atoms with Gasteiger partial charge in [-0.15, -0.1) is 0 Å². The van der Waals surface area contributed by atoms with Gasteiger partial charge in [-0.25, -0.2) is 0 Å². The number of nitrogens with zero attached hydrogens (tertiary/aromatic N) is 1. The van der Waals surface area contributed by atoms with Crippen molar-refractivity contribution >= 4 is 49.4 Å². The molecule has 1 aliphatic carbocycles. The van der Waals surface area contributed by atoms with Crippen LogP contribution in [0.4, 0.5) is 5.69 Å². The number of benzene rings is 1. The number of piperazine rings is 1. The highest BCUT2D eigenvalue weighted by atomic mass is 79.9. The number of nitrogens with one attached hydrogen (secondary N) is 1. The SMILES string of the molecule is CCC1C(=O)NC(C2CC2)C(=O)N1c1c(Br)cccc1Br. The van der Waals surface area contributed by atoms with Gasteiger partial charge in [0.2, 0.25) is 5.91 Å². The van der Waals surface area contributed by atoms with Gasteiger partial charge in [0.15, 0.2) is 0 Å². The highest BCUT2D eigenvalue weighted by Crippen LogP contribution is 2.40. The van der Waals surface area contributed by atoms with Crippen LogP contribution in [0.3, 0.4) is 0 Å². The first kappa shape index (κ1) is 15.0. The average molecular weight is 416 g/mol. The second kappa shape index (κ2) is 5.72. The lowest BCUT2D eigenvalue weighted by Crippen LogP contribution is -2.64. The van der Waals surface area contributed by atoms with Crippen molar-refractivity contribution in [2.24, 2.45) is 5.92 Å². The summed E-state index contributed by atoms with van der Waals surface area (Å²) in [5, 5.41) is 2.91. The van der Waals surface area contributed by atoms with E-state index >= 15 is 0 Å². The van der Waals surface area contributed by atoms with E-state index in [9.17, 15) is 9.59 Å². The maximum Gasteiger partial charge on any atom is 0.250 e. The van der Waals surface area contributed by atoms with Crippen molar-refractivity contribution in [2.75, 3.05) is 4.90 Å². The van der Waals surface area contributed by atoms with Gasteiger partial charge in [0.05, 0.1) is 5.69 Å². The Balaban J connectivity index is 2.06. The van der Waals surface area contributed by atoms with Gasteiger partial charge in [-0.1, -0.05) is 13.0 Å². The summed E-state index contributed by atoms with van der Waals surface area (Å²) >= 11 is 7.01. The van der Waals surface area contributed by atoms with E-state index < -0.39 is 6.04 Å². The molecule has 0 bridgehead atoms. The maximum atomic E-state index is 12.9. The van der Waals surface area contributed by atoms with E-state index in [0.717, 1.165) is 27.5 Å². The molecule has 1 saturated heterocycles. The van der Waals surface area contributed by atoms with Crippen LogP contribution < -0.4 is 10.2 Å². The first-order valence-corrected chi connectivity index (χ1v) is 8.70. The molecular weight excluding hydrogens is 400 g/mol. The number of rotatable bonds is 3. The summed E-state index contributed by atoms with van der Waals surface area (Å²) in [5.74, 6) is 0.233. The van der Waals surface area contributed by atoms with E-state index in [1.165, 1.54) is 0 Å².